The maximum absolute atomic E-state index is 13.1. The van der Waals surface area contributed by atoms with Crippen LogP contribution in [-0.2, 0) is 15.8 Å². The number of rotatable bonds is 4. The van der Waals surface area contributed by atoms with Crippen molar-refractivity contribution >= 4 is 23.2 Å². The number of amides is 2. The Morgan fingerprint density at radius 2 is 1.57 bits per heavy atom. The zero-order chi connectivity index (χ0) is 20.5. The Labute approximate surface area is 158 Å². The Kier molecular flexibility index (Phi) is 4.93. The Hall–Kier alpha value is -3.23. The lowest BCUT2D eigenvalue weighted by Gasteiger charge is -2.24. The van der Waals surface area contributed by atoms with Gasteiger partial charge in [-0.3, -0.25) is 9.59 Å². The average molecular weight is 394 g/mol. The highest BCUT2D eigenvalue weighted by atomic mass is 19.4. The van der Waals surface area contributed by atoms with Gasteiger partial charge in [0.1, 0.15) is 5.41 Å². The number of nitrogens with one attached hydrogen (secondary N) is 2. The first-order valence-corrected chi connectivity index (χ1v) is 8.28. The van der Waals surface area contributed by atoms with Crippen molar-refractivity contribution in [2.75, 3.05) is 17.4 Å². The summed E-state index contributed by atoms with van der Waals surface area (Å²) < 4.78 is 49.7. The van der Waals surface area contributed by atoms with Gasteiger partial charge in [-0.25, -0.2) is 0 Å². The number of fused-ring (bicyclic) bond motifs is 1. The van der Waals surface area contributed by atoms with Gasteiger partial charge in [0.05, 0.1) is 11.3 Å². The highest BCUT2D eigenvalue weighted by Crippen LogP contribution is 2.36. The van der Waals surface area contributed by atoms with Crippen LogP contribution in [0.4, 0.5) is 24.5 Å². The number of carbonyl (C=O) groups is 2. The molecule has 0 radical (unpaired) electrons. The van der Waals surface area contributed by atoms with Crippen LogP contribution in [0.15, 0.2) is 42.5 Å². The summed E-state index contributed by atoms with van der Waals surface area (Å²) in [5.74, 6) is -0.589. The van der Waals surface area contributed by atoms with Crippen LogP contribution >= 0.6 is 0 Å². The molecule has 9 heteroatoms. The highest BCUT2D eigenvalue weighted by molar-refractivity contribution is 6.14. The quantitative estimate of drug-likeness (QED) is 0.768. The van der Waals surface area contributed by atoms with E-state index >= 15 is 0 Å². The number of para-hydroxylation sites is 1. The first kappa shape index (κ1) is 19.5. The third kappa shape index (κ3) is 3.88. The number of alkyl halides is 3. The van der Waals surface area contributed by atoms with Crippen LogP contribution in [0.3, 0.4) is 0 Å². The predicted octanol–water partition coefficient (Wildman–Crippen LogP) is 4.04. The number of benzene rings is 2. The van der Waals surface area contributed by atoms with Crippen molar-refractivity contribution in [3.05, 3.63) is 48.0 Å². The van der Waals surface area contributed by atoms with Gasteiger partial charge in [0.15, 0.2) is 11.5 Å². The predicted molar refractivity (Wildman–Crippen MR) is 95.0 cm³/mol. The SMILES string of the molecule is CC(C)(C(=O)Nc1ccc2c(c1)OCO2)C(=O)Nc1ccccc1C(F)(F)F. The fourth-order valence-electron chi connectivity index (χ4n) is 2.48. The number of ether oxygens (including phenoxy) is 2. The van der Waals surface area contributed by atoms with Gasteiger partial charge in [0.2, 0.25) is 18.6 Å². The molecule has 0 unspecified atom stereocenters. The molecule has 0 aromatic heterocycles. The van der Waals surface area contributed by atoms with E-state index in [2.05, 4.69) is 10.6 Å². The molecule has 2 aromatic rings. The minimum Gasteiger partial charge on any atom is -0.454 e. The molecule has 1 heterocycles. The Morgan fingerprint density at radius 1 is 0.929 bits per heavy atom. The second-order valence-corrected chi connectivity index (χ2v) is 6.64. The molecule has 3 rings (SSSR count). The molecule has 0 saturated heterocycles. The summed E-state index contributed by atoms with van der Waals surface area (Å²) in [7, 11) is 0. The maximum atomic E-state index is 13.1. The molecule has 2 amide bonds. The van der Waals surface area contributed by atoms with E-state index in [9.17, 15) is 22.8 Å². The standard InChI is InChI=1S/C19H17F3N2O4/c1-18(2,16(25)23-11-7-8-14-15(9-11)28-10-27-14)17(26)24-13-6-4-3-5-12(13)19(20,21)22/h3-9H,10H2,1-2H3,(H,23,25)(H,24,26). The smallest absolute Gasteiger partial charge is 0.418 e. The van der Waals surface area contributed by atoms with Gasteiger partial charge in [0.25, 0.3) is 0 Å². The molecule has 1 aliphatic rings. The monoisotopic (exact) mass is 394 g/mol. The minimum absolute atomic E-state index is 0.0687. The molecule has 0 saturated carbocycles. The zero-order valence-corrected chi connectivity index (χ0v) is 15.0. The zero-order valence-electron chi connectivity index (χ0n) is 15.0. The molecule has 0 spiro atoms. The lowest BCUT2D eigenvalue weighted by atomic mass is 9.90. The normalized spacial score (nSPS) is 13.2. The average Bonchev–Trinajstić information content (AvgIpc) is 3.09. The molecule has 0 atom stereocenters. The van der Waals surface area contributed by atoms with Gasteiger partial charge in [-0.1, -0.05) is 12.1 Å². The summed E-state index contributed by atoms with van der Waals surface area (Å²) in [4.78, 5) is 25.1. The lowest BCUT2D eigenvalue weighted by Crippen LogP contribution is -2.41. The third-order valence-corrected chi connectivity index (χ3v) is 4.25. The van der Waals surface area contributed by atoms with Gasteiger partial charge in [-0.15, -0.1) is 0 Å². The van der Waals surface area contributed by atoms with Gasteiger partial charge >= 0.3 is 6.18 Å². The fourth-order valence-corrected chi connectivity index (χ4v) is 2.48. The summed E-state index contributed by atoms with van der Waals surface area (Å²) >= 11 is 0. The minimum atomic E-state index is -4.64. The summed E-state index contributed by atoms with van der Waals surface area (Å²) in [6.45, 7) is 2.71. The highest BCUT2D eigenvalue weighted by Gasteiger charge is 2.39. The number of hydrogen-bond donors (Lipinski definition) is 2. The van der Waals surface area contributed by atoms with Crippen LogP contribution in [0.5, 0.6) is 11.5 Å². The van der Waals surface area contributed by atoms with E-state index in [1.807, 2.05) is 0 Å². The van der Waals surface area contributed by atoms with E-state index in [-0.39, 0.29) is 6.79 Å². The van der Waals surface area contributed by atoms with E-state index in [0.717, 1.165) is 12.1 Å². The van der Waals surface area contributed by atoms with Crippen molar-refractivity contribution < 1.29 is 32.2 Å². The molecular formula is C19H17F3N2O4. The van der Waals surface area contributed by atoms with E-state index in [1.54, 1.807) is 12.1 Å². The van der Waals surface area contributed by atoms with Crippen LogP contribution in [0, 0.1) is 5.41 Å². The van der Waals surface area contributed by atoms with Gasteiger partial charge in [-0.2, -0.15) is 13.2 Å². The van der Waals surface area contributed by atoms with Crippen LogP contribution in [0.1, 0.15) is 19.4 Å². The van der Waals surface area contributed by atoms with E-state index in [0.29, 0.717) is 17.2 Å². The van der Waals surface area contributed by atoms with Crippen LogP contribution < -0.4 is 20.1 Å². The fraction of sp³-hybridized carbons (Fsp3) is 0.263. The maximum Gasteiger partial charge on any atom is 0.418 e. The van der Waals surface area contributed by atoms with Crippen molar-refractivity contribution in [1.82, 2.24) is 0 Å². The summed E-state index contributed by atoms with van der Waals surface area (Å²) in [5, 5.41) is 4.77. The van der Waals surface area contributed by atoms with E-state index in [1.165, 1.54) is 32.0 Å². The molecule has 0 fully saturated rings. The molecule has 0 bridgehead atoms. The van der Waals surface area contributed by atoms with Crippen LogP contribution in [-0.4, -0.2) is 18.6 Å². The van der Waals surface area contributed by atoms with Gasteiger partial charge in [-0.05, 0) is 38.1 Å². The van der Waals surface area contributed by atoms with Crippen LogP contribution in [0.25, 0.3) is 0 Å². The molecule has 2 N–H and O–H groups in total. The van der Waals surface area contributed by atoms with Gasteiger partial charge in [0, 0.05) is 11.8 Å². The summed E-state index contributed by atoms with van der Waals surface area (Å²) in [5.41, 5.74) is -2.68. The second-order valence-electron chi connectivity index (χ2n) is 6.64. The number of halogens is 3. The first-order valence-electron chi connectivity index (χ1n) is 8.28. The van der Waals surface area contributed by atoms with Crippen LogP contribution in [0.2, 0.25) is 0 Å². The molecule has 148 valence electrons. The van der Waals surface area contributed by atoms with E-state index in [4.69, 9.17) is 9.47 Å². The van der Waals surface area contributed by atoms with Crippen molar-refractivity contribution in [1.29, 1.82) is 0 Å². The number of hydrogen-bond acceptors (Lipinski definition) is 4. The molecule has 1 aliphatic heterocycles. The van der Waals surface area contributed by atoms with Gasteiger partial charge < -0.3 is 20.1 Å². The molecule has 0 aliphatic carbocycles. The number of anilines is 2. The second kappa shape index (κ2) is 7.06. The first-order chi connectivity index (χ1) is 13.1. The molecule has 2 aromatic carbocycles. The molecule has 28 heavy (non-hydrogen) atoms. The molecule has 6 nitrogen and oxygen atoms in total. The van der Waals surface area contributed by atoms with Crippen molar-refractivity contribution in [3.8, 4) is 11.5 Å². The Bertz CT molecular complexity index is 926. The van der Waals surface area contributed by atoms with E-state index < -0.39 is 34.7 Å². The molecular weight excluding hydrogens is 377 g/mol. The summed E-state index contributed by atoms with van der Waals surface area (Å²) in [6, 6.07) is 9.28. The van der Waals surface area contributed by atoms with Crippen molar-refractivity contribution in [2.24, 2.45) is 5.41 Å². The lowest BCUT2D eigenvalue weighted by molar-refractivity contribution is -0.137. The third-order valence-electron chi connectivity index (χ3n) is 4.25. The summed E-state index contributed by atoms with van der Waals surface area (Å²) in [6.07, 6.45) is -4.64. The number of carbonyl (C=O) groups excluding carboxylic acids is 2. The topological polar surface area (TPSA) is 76.7 Å². The largest absolute Gasteiger partial charge is 0.454 e. The Balaban J connectivity index is 1.75. The van der Waals surface area contributed by atoms with Crippen molar-refractivity contribution in [2.45, 2.75) is 20.0 Å². The van der Waals surface area contributed by atoms with Crippen molar-refractivity contribution in [3.63, 3.8) is 0 Å². The Morgan fingerprint density at radius 3 is 2.29 bits per heavy atom.